The van der Waals surface area contributed by atoms with E-state index in [0.717, 1.165) is 21.5 Å². The fourth-order valence-electron chi connectivity index (χ4n) is 4.79. The molecule has 0 saturated heterocycles. The van der Waals surface area contributed by atoms with Crippen LogP contribution in [-0.2, 0) is 32.6 Å². The first-order chi connectivity index (χ1) is 21.5. The van der Waals surface area contributed by atoms with E-state index in [4.69, 9.17) is 0 Å². The fourth-order valence-corrected chi connectivity index (χ4v) is 6.21. The molecule has 45 heavy (non-hydrogen) atoms. The predicted octanol–water partition coefficient (Wildman–Crippen LogP) is 6.02. The number of nitrogens with one attached hydrogen (secondary N) is 1. The minimum Gasteiger partial charge on any atom is -0.352 e. The van der Waals surface area contributed by atoms with Crippen LogP contribution in [0, 0.1) is 18.6 Å². The molecule has 0 heterocycles. The van der Waals surface area contributed by atoms with Crippen LogP contribution in [0.4, 0.5) is 14.5 Å². The maximum Gasteiger partial charge on any atom is 0.264 e. The van der Waals surface area contributed by atoms with Crippen LogP contribution < -0.4 is 9.62 Å². The third-order valence-electron chi connectivity index (χ3n) is 7.55. The number of carbonyl (C=O) groups excluding carboxylic acids is 2. The molecule has 0 aliphatic carbocycles. The van der Waals surface area contributed by atoms with Gasteiger partial charge in [0.05, 0.1) is 10.6 Å². The Morgan fingerprint density at radius 2 is 1.44 bits per heavy atom. The smallest absolute Gasteiger partial charge is 0.264 e. The lowest BCUT2D eigenvalue weighted by Crippen LogP contribution is -2.54. The van der Waals surface area contributed by atoms with Crippen molar-refractivity contribution in [2.45, 2.75) is 57.1 Å². The first-order valence-corrected chi connectivity index (χ1v) is 16.2. The molecule has 0 fully saturated rings. The minimum absolute atomic E-state index is 0.121. The van der Waals surface area contributed by atoms with E-state index in [2.05, 4.69) is 5.32 Å². The van der Waals surface area contributed by atoms with Crippen molar-refractivity contribution in [1.82, 2.24) is 10.2 Å². The highest BCUT2D eigenvalue weighted by Gasteiger charge is 2.35. The van der Waals surface area contributed by atoms with Gasteiger partial charge in [-0.15, -0.1) is 0 Å². The third-order valence-corrected chi connectivity index (χ3v) is 9.32. The van der Waals surface area contributed by atoms with E-state index >= 15 is 4.39 Å². The van der Waals surface area contributed by atoms with Crippen molar-refractivity contribution in [1.29, 1.82) is 0 Å². The zero-order valence-electron chi connectivity index (χ0n) is 25.5. The average Bonchev–Trinajstić information content (AvgIpc) is 3.03. The average molecular weight is 634 g/mol. The molecule has 0 aliphatic rings. The Balaban J connectivity index is 1.81. The van der Waals surface area contributed by atoms with Crippen molar-refractivity contribution in [3.63, 3.8) is 0 Å². The van der Waals surface area contributed by atoms with Crippen molar-refractivity contribution in [2.24, 2.45) is 0 Å². The lowest BCUT2D eigenvalue weighted by molar-refractivity contribution is -0.140. The van der Waals surface area contributed by atoms with Crippen LogP contribution in [0.2, 0.25) is 0 Å². The van der Waals surface area contributed by atoms with E-state index < -0.39 is 46.1 Å². The molecule has 0 spiro atoms. The first kappa shape index (κ1) is 33.3. The van der Waals surface area contributed by atoms with Crippen LogP contribution in [0.15, 0.2) is 108 Å². The van der Waals surface area contributed by atoms with Gasteiger partial charge in [-0.25, -0.2) is 17.2 Å². The number of para-hydroxylation sites is 1. The van der Waals surface area contributed by atoms with Gasteiger partial charge in [0.15, 0.2) is 0 Å². The van der Waals surface area contributed by atoms with E-state index in [1.54, 1.807) is 19.1 Å². The largest absolute Gasteiger partial charge is 0.352 e. The molecule has 2 atom stereocenters. The predicted molar refractivity (Wildman–Crippen MR) is 171 cm³/mol. The topological polar surface area (TPSA) is 86.8 Å². The van der Waals surface area contributed by atoms with Gasteiger partial charge >= 0.3 is 0 Å². The Bertz CT molecular complexity index is 1700. The number of rotatable bonds is 13. The van der Waals surface area contributed by atoms with Crippen LogP contribution in [0.5, 0.6) is 0 Å². The van der Waals surface area contributed by atoms with Crippen LogP contribution in [0.1, 0.15) is 37.0 Å². The third kappa shape index (κ3) is 8.54. The summed E-state index contributed by atoms with van der Waals surface area (Å²) < 4.78 is 57.7. The number of anilines is 1. The summed E-state index contributed by atoms with van der Waals surface area (Å²) in [5.41, 5.74) is 1.82. The van der Waals surface area contributed by atoms with Crippen LogP contribution in [0.25, 0.3) is 0 Å². The number of halogens is 2. The maximum atomic E-state index is 15.2. The second-order valence-electron chi connectivity index (χ2n) is 10.9. The molecule has 0 bridgehead atoms. The Kier molecular flexibility index (Phi) is 11.1. The standard InChI is InChI=1S/C35H37F2N3O4S/c1-4-26(3)38-35(42)33(22-27-10-6-5-7-11-27)39(23-28-16-18-29(36)19-17-28)34(41)24-40(32-13-9-8-12-31(32)37)45(43,44)30-20-14-25(2)15-21-30/h5-21,26,33H,4,22-24H2,1-3H3,(H,38,42)/t26-,33-/m0/s1. The van der Waals surface area contributed by atoms with Crippen molar-refractivity contribution in [3.05, 3.63) is 131 Å². The van der Waals surface area contributed by atoms with Gasteiger partial charge in [0.25, 0.3) is 10.0 Å². The Hall–Kier alpha value is -4.57. The zero-order valence-corrected chi connectivity index (χ0v) is 26.3. The zero-order chi connectivity index (χ0) is 32.6. The minimum atomic E-state index is -4.43. The van der Waals surface area contributed by atoms with E-state index in [-0.39, 0.29) is 29.6 Å². The monoisotopic (exact) mass is 633 g/mol. The number of sulfonamides is 1. The molecular formula is C35H37F2N3O4S. The summed E-state index contributed by atoms with van der Waals surface area (Å²) in [5.74, 6) is -2.47. The molecular weight excluding hydrogens is 596 g/mol. The molecule has 0 aliphatic heterocycles. The number of benzene rings is 4. The van der Waals surface area contributed by atoms with Crippen molar-refractivity contribution in [2.75, 3.05) is 10.8 Å². The number of hydrogen-bond donors (Lipinski definition) is 1. The number of carbonyl (C=O) groups is 2. The second-order valence-corrected chi connectivity index (χ2v) is 12.8. The summed E-state index contributed by atoms with van der Waals surface area (Å²) in [6.07, 6.45) is 0.770. The summed E-state index contributed by atoms with van der Waals surface area (Å²) in [5, 5.41) is 2.95. The summed E-state index contributed by atoms with van der Waals surface area (Å²) in [6.45, 7) is 4.65. The van der Waals surface area contributed by atoms with E-state index in [9.17, 15) is 22.4 Å². The number of hydrogen-bond acceptors (Lipinski definition) is 4. The van der Waals surface area contributed by atoms with Gasteiger partial charge in [0.2, 0.25) is 11.8 Å². The molecule has 4 aromatic rings. The van der Waals surface area contributed by atoms with E-state index in [1.807, 2.05) is 44.2 Å². The number of nitrogens with zero attached hydrogens (tertiary/aromatic N) is 2. The van der Waals surface area contributed by atoms with Gasteiger partial charge in [-0.1, -0.05) is 79.2 Å². The lowest BCUT2D eigenvalue weighted by atomic mass is 10.0. The SMILES string of the molecule is CC[C@H](C)NC(=O)[C@H](Cc1ccccc1)N(Cc1ccc(F)cc1)C(=O)CN(c1ccccc1F)S(=O)(=O)c1ccc(C)cc1. The lowest BCUT2D eigenvalue weighted by Gasteiger charge is -2.34. The second kappa shape index (κ2) is 14.9. The van der Waals surface area contributed by atoms with E-state index in [1.165, 1.54) is 59.5 Å². The summed E-state index contributed by atoms with van der Waals surface area (Å²) in [6, 6.07) is 24.7. The van der Waals surface area contributed by atoms with Gasteiger partial charge in [-0.3, -0.25) is 13.9 Å². The Labute approximate surface area is 263 Å². The molecule has 4 aromatic carbocycles. The Morgan fingerprint density at radius 3 is 2.07 bits per heavy atom. The molecule has 7 nitrogen and oxygen atoms in total. The van der Waals surface area contributed by atoms with Crippen LogP contribution in [-0.4, -0.2) is 43.8 Å². The highest BCUT2D eigenvalue weighted by atomic mass is 32.2. The number of amides is 2. The van der Waals surface area contributed by atoms with Crippen molar-refractivity contribution >= 4 is 27.5 Å². The van der Waals surface area contributed by atoms with Crippen LogP contribution >= 0.6 is 0 Å². The van der Waals surface area contributed by atoms with Gasteiger partial charge in [0, 0.05) is 19.0 Å². The molecule has 0 radical (unpaired) electrons. The van der Waals surface area contributed by atoms with Crippen molar-refractivity contribution < 1.29 is 26.8 Å². The van der Waals surface area contributed by atoms with Crippen LogP contribution in [0.3, 0.4) is 0 Å². The molecule has 4 rings (SSSR count). The highest BCUT2D eigenvalue weighted by molar-refractivity contribution is 7.92. The molecule has 0 aromatic heterocycles. The molecule has 10 heteroatoms. The van der Waals surface area contributed by atoms with Crippen molar-refractivity contribution in [3.8, 4) is 0 Å². The molecule has 236 valence electrons. The van der Waals surface area contributed by atoms with Gasteiger partial charge < -0.3 is 10.2 Å². The fraction of sp³-hybridized carbons (Fsp3) is 0.257. The normalized spacial score (nSPS) is 12.6. The first-order valence-electron chi connectivity index (χ1n) is 14.7. The summed E-state index contributed by atoms with van der Waals surface area (Å²) >= 11 is 0. The molecule has 0 saturated carbocycles. The van der Waals surface area contributed by atoms with Gasteiger partial charge in [-0.05, 0) is 67.8 Å². The van der Waals surface area contributed by atoms with E-state index in [0.29, 0.717) is 12.0 Å². The van der Waals surface area contributed by atoms with Gasteiger partial charge in [0.1, 0.15) is 24.2 Å². The quantitative estimate of drug-likeness (QED) is 0.195. The summed E-state index contributed by atoms with van der Waals surface area (Å²) in [4.78, 5) is 29.4. The molecule has 0 unspecified atom stereocenters. The maximum absolute atomic E-state index is 15.2. The highest BCUT2D eigenvalue weighted by Crippen LogP contribution is 2.27. The Morgan fingerprint density at radius 1 is 0.822 bits per heavy atom. The van der Waals surface area contributed by atoms with Gasteiger partial charge in [-0.2, -0.15) is 0 Å². The summed E-state index contributed by atoms with van der Waals surface area (Å²) in [7, 11) is -4.43. The number of aryl methyl sites for hydroxylation is 1. The molecule has 2 amide bonds. The molecule has 1 N–H and O–H groups in total.